The maximum atomic E-state index is 11.0. The average Bonchev–Trinajstić information content (AvgIpc) is 2.47. The molecule has 0 unspecified atom stereocenters. The van der Waals surface area contributed by atoms with Gasteiger partial charge in [-0.05, 0) is 19.1 Å². The third-order valence-corrected chi connectivity index (χ3v) is 4.13. The predicted molar refractivity (Wildman–Crippen MR) is 52.3 cm³/mol. The van der Waals surface area contributed by atoms with Crippen molar-refractivity contribution in [2.45, 2.75) is 17.2 Å². The minimum atomic E-state index is -3.16. The van der Waals surface area contributed by atoms with Crippen LogP contribution in [0.3, 0.4) is 0 Å². The summed E-state index contributed by atoms with van der Waals surface area (Å²) in [6.07, 6.45) is 5.33. The van der Waals surface area contributed by atoms with E-state index in [2.05, 4.69) is 4.98 Å². The Morgan fingerprint density at radius 2 is 2.38 bits per heavy atom. The molecule has 0 fully saturated rings. The molecular weight excluding hydrogens is 208 g/mol. The molecule has 1 N–H and O–H groups in total. The van der Waals surface area contributed by atoms with Gasteiger partial charge >= 0.3 is 0 Å². The second-order valence-electron chi connectivity index (χ2n) is 2.61. The molecule has 0 saturated carbocycles. The number of nitrogens with one attached hydrogen (secondary N) is 1. The van der Waals surface area contributed by atoms with Crippen LogP contribution in [0, 0.1) is 5.41 Å². The first-order valence-corrected chi connectivity index (χ1v) is 6.38. The molecule has 72 valence electrons. The molecule has 4 nitrogen and oxygen atoms in total. The lowest BCUT2D eigenvalue weighted by Crippen LogP contribution is -1.94. The molecule has 0 bridgehead atoms. The Morgan fingerprint density at radius 3 is 2.85 bits per heavy atom. The van der Waals surface area contributed by atoms with E-state index < -0.39 is 9.84 Å². The van der Waals surface area contributed by atoms with Gasteiger partial charge in [-0.3, -0.25) is 0 Å². The summed E-state index contributed by atoms with van der Waals surface area (Å²) in [6, 6.07) is 0. The highest BCUT2D eigenvalue weighted by atomic mass is 32.2. The number of aromatic nitrogens is 1. The van der Waals surface area contributed by atoms with Gasteiger partial charge in [-0.1, -0.05) is 0 Å². The second kappa shape index (κ2) is 3.97. The molecular formula is C7H10N2O2S2. The van der Waals surface area contributed by atoms with Crippen LogP contribution in [0.15, 0.2) is 10.5 Å². The highest BCUT2D eigenvalue weighted by Crippen LogP contribution is 2.18. The van der Waals surface area contributed by atoms with Gasteiger partial charge in [0.05, 0.1) is 0 Å². The molecule has 1 aromatic heterocycles. The van der Waals surface area contributed by atoms with Gasteiger partial charge in [0, 0.05) is 17.3 Å². The van der Waals surface area contributed by atoms with Crippen molar-refractivity contribution in [2.24, 2.45) is 0 Å². The molecule has 0 amide bonds. The minimum absolute atomic E-state index is 0.160. The standard InChI is InChI=1S/C7H10N2O2S2/c1-13(10,11)7-9-5-6(12-7)3-2-4-8/h4-5,8H,2-3H2,1H3. The molecule has 1 rings (SSSR count). The maximum Gasteiger partial charge on any atom is 0.209 e. The number of aryl methyl sites for hydroxylation is 1. The molecule has 1 heterocycles. The second-order valence-corrected chi connectivity index (χ2v) is 5.91. The molecule has 0 atom stereocenters. The topological polar surface area (TPSA) is 70.9 Å². The SMILES string of the molecule is CS(=O)(=O)c1ncc(CCC=N)s1. The first-order valence-electron chi connectivity index (χ1n) is 3.67. The van der Waals surface area contributed by atoms with Gasteiger partial charge in [-0.2, -0.15) is 0 Å². The molecule has 6 heteroatoms. The summed E-state index contributed by atoms with van der Waals surface area (Å²) in [5, 5.41) is 6.82. The predicted octanol–water partition coefficient (Wildman–Crippen LogP) is 1.13. The average molecular weight is 218 g/mol. The fourth-order valence-corrected chi connectivity index (χ4v) is 2.62. The zero-order valence-corrected chi connectivity index (χ0v) is 8.78. The van der Waals surface area contributed by atoms with Gasteiger partial charge in [-0.25, -0.2) is 13.4 Å². The first kappa shape index (κ1) is 10.3. The van der Waals surface area contributed by atoms with Crippen LogP contribution in [0.5, 0.6) is 0 Å². The smallest absolute Gasteiger partial charge is 0.209 e. The Hall–Kier alpha value is -0.750. The van der Waals surface area contributed by atoms with Crippen LogP contribution >= 0.6 is 11.3 Å². The highest BCUT2D eigenvalue weighted by Gasteiger charge is 2.11. The molecule has 0 aromatic carbocycles. The highest BCUT2D eigenvalue weighted by molar-refractivity contribution is 7.92. The summed E-state index contributed by atoms with van der Waals surface area (Å²) in [5.74, 6) is 0. The number of sulfone groups is 1. The Balaban J connectivity index is 2.81. The lowest BCUT2D eigenvalue weighted by molar-refractivity contribution is 0.601. The van der Waals surface area contributed by atoms with E-state index in [1.807, 2.05) is 0 Å². The number of rotatable bonds is 4. The molecule has 0 spiro atoms. The van der Waals surface area contributed by atoms with Crippen LogP contribution in [0.25, 0.3) is 0 Å². The van der Waals surface area contributed by atoms with Crippen LogP contribution in [0.2, 0.25) is 0 Å². The summed E-state index contributed by atoms with van der Waals surface area (Å²) in [7, 11) is -3.16. The van der Waals surface area contributed by atoms with Gasteiger partial charge in [0.2, 0.25) is 14.2 Å². The van der Waals surface area contributed by atoms with Crippen LogP contribution in [0.1, 0.15) is 11.3 Å². The molecule has 0 radical (unpaired) electrons. The van der Waals surface area contributed by atoms with E-state index >= 15 is 0 Å². The van der Waals surface area contributed by atoms with Crippen LogP contribution < -0.4 is 0 Å². The van der Waals surface area contributed by atoms with Crippen LogP contribution in [0.4, 0.5) is 0 Å². The van der Waals surface area contributed by atoms with Crippen molar-refractivity contribution in [1.82, 2.24) is 4.98 Å². The molecule has 1 aromatic rings. The number of hydrogen-bond donors (Lipinski definition) is 1. The van der Waals surface area contributed by atoms with E-state index in [0.717, 1.165) is 11.1 Å². The molecule has 0 saturated heterocycles. The van der Waals surface area contributed by atoms with E-state index in [0.29, 0.717) is 12.8 Å². The van der Waals surface area contributed by atoms with Gasteiger partial charge in [0.1, 0.15) is 0 Å². The number of nitrogens with zero attached hydrogens (tertiary/aromatic N) is 1. The molecule has 13 heavy (non-hydrogen) atoms. The van der Waals surface area contributed by atoms with Gasteiger partial charge in [0.25, 0.3) is 0 Å². The van der Waals surface area contributed by atoms with Crippen molar-refractivity contribution in [3.63, 3.8) is 0 Å². The van der Waals surface area contributed by atoms with Crippen LogP contribution in [-0.2, 0) is 16.3 Å². The molecule has 0 aliphatic carbocycles. The third-order valence-electron chi connectivity index (χ3n) is 1.38. The third kappa shape index (κ3) is 2.89. The monoisotopic (exact) mass is 218 g/mol. The van der Waals surface area contributed by atoms with Crippen molar-refractivity contribution in [2.75, 3.05) is 6.26 Å². The normalized spacial score (nSPS) is 11.5. The quantitative estimate of drug-likeness (QED) is 0.770. The van der Waals surface area contributed by atoms with Crippen molar-refractivity contribution < 1.29 is 8.42 Å². The largest absolute Gasteiger partial charge is 0.313 e. The minimum Gasteiger partial charge on any atom is -0.313 e. The summed E-state index contributed by atoms with van der Waals surface area (Å²) < 4.78 is 22.2. The van der Waals surface area contributed by atoms with Crippen molar-refractivity contribution >= 4 is 27.4 Å². The lowest BCUT2D eigenvalue weighted by Gasteiger charge is -1.88. The Bertz CT molecular complexity index is 394. The summed E-state index contributed by atoms with van der Waals surface area (Å²) >= 11 is 1.18. The molecule has 0 aliphatic rings. The summed E-state index contributed by atoms with van der Waals surface area (Å²) in [5.41, 5.74) is 0. The first-order chi connectivity index (χ1) is 6.04. The lowest BCUT2D eigenvalue weighted by atomic mass is 10.3. The van der Waals surface area contributed by atoms with Crippen LogP contribution in [-0.4, -0.2) is 25.9 Å². The molecule has 0 aliphatic heterocycles. The van der Waals surface area contributed by atoms with Crippen molar-refractivity contribution in [3.8, 4) is 0 Å². The van der Waals surface area contributed by atoms with Gasteiger partial charge < -0.3 is 5.41 Å². The Labute approximate surface area is 81.1 Å². The number of hydrogen-bond acceptors (Lipinski definition) is 5. The van der Waals surface area contributed by atoms with Gasteiger partial charge in [0.15, 0.2) is 0 Å². The van der Waals surface area contributed by atoms with Crippen molar-refractivity contribution in [3.05, 3.63) is 11.1 Å². The fourth-order valence-electron chi connectivity index (χ4n) is 0.791. The number of thiazole rings is 1. The fraction of sp³-hybridized carbons (Fsp3) is 0.429. The summed E-state index contributed by atoms with van der Waals surface area (Å²) in [6.45, 7) is 0. The Kier molecular flexibility index (Phi) is 3.16. The van der Waals surface area contributed by atoms with E-state index in [1.54, 1.807) is 6.20 Å². The van der Waals surface area contributed by atoms with E-state index in [1.165, 1.54) is 17.6 Å². The summed E-state index contributed by atoms with van der Waals surface area (Å²) in [4.78, 5) is 4.70. The van der Waals surface area contributed by atoms with Crippen molar-refractivity contribution in [1.29, 1.82) is 5.41 Å². The van der Waals surface area contributed by atoms with E-state index in [4.69, 9.17) is 5.41 Å². The zero-order valence-electron chi connectivity index (χ0n) is 7.15. The maximum absolute atomic E-state index is 11.0. The van der Waals surface area contributed by atoms with E-state index in [-0.39, 0.29) is 4.34 Å². The Morgan fingerprint density at radius 1 is 1.69 bits per heavy atom. The van der Waals surface area contributed by atoms with E-state index in [9.17, 15) is 8.42 Å². The zero-order chi connectivity index (χ0) is 9.90. The van der Waals surface area contributed by atoms with Gasteiger partial charge in [-0.15, -0.1) is 11.3 Å².